The van der Waals surface area contributed by atoms with Crippen LogP contribution in [0.3, 0.4) is 0 Å². The number of aliphatic hydroxyl groups excluding tert-OH is 2. The van der Waals surface area contributed by atoms with E-state index < -0.39 is 60.5 Å². The predicted octanol–water partition coefficient (Wildman–Crippen LogP) is 1.65. The molecule has 0 aliphatic carbocycles. The Morgan fingerprint density at radius 3 is 1.77 bits per heavy atom. The zero-order valence-electron chi connectivity index (χ0n) is 15.6. The number of ether oxygens (including phenoxy) is 2. The second kappa shape index (κ2) is 9.52. The van der Waals surface area contributed by atoms with Crippen LogP contribution >= 0.6 is 19.4 Å². The highest BCUT2D eigenvalue weighted by Crippen LogP contribution is 2.63. The highest BCUT2D eigenvalue weighted by atomic mass is 32.2. The molecule has 26 heavy (non-hydrogen) atoms. The van der Waals surface area contributed by atoms with Gasteiger partial charge in [-0.3, -0.25) is 14.2 Å². The minimum Gasteiger partial charge on any atom is -0.458 e. The minimum atomic E-state index is -3.94. The summed E-state index contributed by atoms with van der Waals surface area (Å²) in [5, 5.41) is 20.6. The van der Waals surface area contributed by atoms with Gasteiger partial charge in [-0.05, 0) is 27.7 Å². The molecular weight excluding hydrogens is 387 g/mol. The van der Waals surface area contributed by atoms with E-state index in [2.05, 4.69) is 0 Å². The van der Waals surface area contributed by atoms with Crippen LogP contribution < -0.4 is 0 Å². The first-order chi connectivity index (χ1) is 11.9. The summed E-state index contributed by atoms with van der Waals surface area (Å²) in [6, 6.07) is 0. The van der Waals surface area contributed by atoms with Crippen molar-refractivity contribution in [2.24, 2.45) is 0 Å². The molecule has 0 saturated carbocycles. The number of rotatable bonds is 7. The highest BCUT2D eigenvalue weighted by molar-refractivity contribution is 8.06. The van der Waals surface area contributed by atoms with E-state index in [1.54, 1.807) is 27.7 Å². The molecule has 0 bridgehead atoms. The van der Waals surface area contributed by atoms with Gasteiger partial charge in [0.2, 0.25) is 0 Å². The van der Waals surface area contributed by atoms with Gasteiger partial charge in [0.15, 0.2) is 11.5 Å². The topological polar surface area (TPSA) is 129 Å². The lowest BCUT2D eigenvalue weighted by atomic mass is 10.1. The third kappa shape index (κ3) is 6.21. The number of carbonyl (C=O) groups excluding carboxylic acids is 2. The molecule has 9 nitrogen and oxygen atoms in total. The van der Waals surface area contributed by atoms with Gasteiger partial charge in [-0.25, -0.2) is 0 Å². The van der Waals surface area contributed by atoms with E-state index in [0.717, 1.165) is 25.6 Å². The van der Waals surface area contributed by atoms with Gasteiger partial charge in [-0.15, -0.1) is 0 Å². The Hall–Kier alpha value is -0.640. The van der Waals surface area contributed by atoms with Crippen molar-refractivity contribution in [1.82, 2.24) is 0 Å². The zero-order chi connectivity index (χ0) is 20.2. The maximum Gasteiger partial charge on any atom is 0.348 e. The smallest absolute Gasteiger partial charge is 0.348 e. The molecule has 0 aromatic heterocycles. The standard InChI is InChI=1S/C15H27O9PS/c1-7(2)23-25(20,24-8(3)4)15-13(21-9(5)16)11(18)12(19)14(26-15)22-10(6)17/h7-8,11-15,18-19H,1-6H3/t11-,12+,13-,14-,15+/m1/s1. The summed E-state index contributed by atoms with van der Waals surface area (Å²) in [5.74, 6) is -1.43. The fraction of sp³-hybridized carbons (Fsp3) is 0.867. The molecule has 1 fully saturated rings. The molecule has 0 aromatic carbocycles. The highest BCUT2D eigenvalue weighted by Gasteiger charge is 2.56. The van der Waals surface area contributed by atoms with Crippen LogP contribution in [0.2, 0.25) is 0 Å². The van der Waals surface area contributed by atoms with Gasteiger partial charge in [0.25, 0.3) is 0 Å². The van der Waals surface area contributed by atoms with Crippen molar-refractivity contribution >= 4 is 31.3 Å². The number of hydrogen-bond donors (Lipinski definition) is 2. The molecule has 1 aliphatic rings. The van der Waals surface area contributed by atoms with Gasteiger partial charge < -0.3 is 28.7 Å². The van der Waals surface area contributed by atoms with Gasteiger partial charge in [0.05, 0.1) is 12.2 Å². The summed E-state index contributed by atoms with van der Waals surface area (Å²) in [6.45, 7) is 8.87. The van der Waals surface area contributed by atoms with Crippen LogP contribution in [0.25, 0.3) is 0 Å². The van der Waals surface area contributed by atoms with Gasteiger partial charge in [0, 0.05) is 13.8 Å². The van der Waals surface area contributed by atoms with Gasteiger partial charge >= 0.3 is 19.5 Å². The Bertz CT molecular complexity index is 539. The van der Waals surface area contributed by atoms with Gasteiger partial charge in [-0.1, -0.05) is 11.8 Å². The van der Waals surface area contributed by atoms with E-state index >= 15 is 0 Å². The van der Waals surface area contributed by atoms with E-state index in [9.17, 15) is 24.4 Å². The minimum absolute atomic E-state index is 0.491. The zero-order valence-corrected chi connectivity index (χ0v) is 17.4. The Labute approximate surface area is 157 Å². The lowest BCUT2D eigenvalue weighted by molar-refractivity contribution is -0.167. The lowest BCUT2D eigenvalue weighted by Crippen LogP contribution is -2.55. The molecule has 1 heterocycles. The van der Waals surface area contributed by atoms with Crippen molar-refractivity contribution in [3.8, 4) is 0 Å². The monoisotopic (exact) mass is 414 g/mol. The van der Waals surface area contributed by atoms with Gasteiger partial charge in [0.1, 0.15) is 17.2 Å². The van der Waals surface area contributed by atoms with Crippen LogP contribution in [0.1, 0.15) is 41.5 Å². The molecular formula is C15H27O9PS. The Kier molecular flexibility index (Phi) is 8.57. The molecule has 0 spiro atoms. The Morgan fingerprint density at radius 1 is 0.923 bits per heavy atom. The molecule has 1 aliphatic heterocycles. The molecule has 0 unspecified atom stereocenters. The van der Waals surface area contributed by atoms with E-state index in [0.29, 0.717) is 0 Å². The molecule has 0 radical (unpaired) electrons. The summed E-state index contributed by atoms with van der Waals surface area (Å²) >= 11 is 0.769. The van der Waals surface area contributed by atoms with Crippen molar-refractivity contribution in [2.75, 3.05) is 0 Å². The second-order valence-corrected chi connectivity index (χ2v) is 10.1. The van der Waals surface area contributed by atoms with Crippen molar-refractivity contribution in [2.45, 2.75) is 82.5 Å². The molecule has 152 valence electrons. The number of carbonyl (C=O) groups is 2. The molecule has 1 saturated heterocycles. The fourth-order valence-electron chi connectivity index (χ4n) is 2.39. The van der Waals surface area contributed by atoms with Crippen LogP contribution in [-0.4, -0.2) is 63.1 Å². The summed E-state index contributed by atoms with van der Waals surface area (Å²) in [4.78, 5) is 21.6. The Morgan fingerprint density at radius 2 is 1.38 bits per heavy atom. The maximum atomic E-state index is 13.5. The van der Waals surface area contributed by atoms with Crippen LogP contribution in [0.4, 0.5) is 0 Å². The number of esters is 2. The molecule has 11 heteroatoms. The predicted molar refractivity (Wildman–Crippen MR) is 94.5 cm³/mol. The molecule has 2 N–H and O–H groups in total. The second-order valence-electron chi connectivity index (χ2n) is 6.41. The van der Waals surface area contributed by atoms with E-state index in [1.807, 2.05) is 0 Å². The van der Waals surface area contributed by atoms with Crippen molar-refractivity contribution < 1.29 is 42.9 Å². The molecule has 0 aromatic rings. The molecule has 0 amide bonds. The largest absolute Gasteiger partial charge is 0.458 e. The first-order valence-corrected chi connectivity index (χ1v) is 10.8. The quantitative estimate of drug-likeness (QED) is 0.468. The van der Waals surface area contributed by atoms with Crippen molar-refractivity contribution in [3.63, 3.8) is 0 Å². The first-order valence-electron chi connectivity index (χ1n) is 8.20. The van der Waals surface area contributed by atoms with Crippen LogP contribution in [0.5, 0.6) is 0 Å². The Balaban J connectivity index is 3.31. The SMILES string of the molecule is CC(=O)O[C@@H]1[C@H](O)[C@H](O)[C@H](OC(C)=O)S[C@@H]1P(=O)(OC(C)C)OC(C)C. The molecule has 5 atom stereocenters. The third-order valence-electron chi connectivity index (χ3n) is 3.13. The number of aliphatic hydroxyl groups is 2. The van der Waals surface area contributed by atoms with E-state index in [-0.39, 0.29) is 0 Å². The van der Waals surface area contributed by atoms with E-state index in [4.69, 9.17) is 18.5 Å². The van der Waals surface area contributed by atoms with Gasteiger partial charge in [-0.2, -0.15) is 0 Å². The number of thioether (sulfide) groups is 1. The maximum absolute atomic E-state index is 13.5. The number of hydrogen-bond acceptors (Lipinski definition) is 10. The summed E-state index contributed by atoms with van der Waals surface area (Å²) < 4.78 is 34.6. The van der Waals surface area contributed by atoms with Crippen molar-refractivity contribution in [1.29, 1.82) is 0 Å². The normalized spacial score (nSPS) is 29.7. The summed E-state index contributed by atoms with van der Waals surface area (Å²) in [7, 11) is -3.94. The third-order valence-corrected chi connectivity index (χ3v) is 7.81. The van der Waals surface area contributed by atoms with Crippen LogP contribution in [-0.2, 0) is 32.7 Å². The average Bonchev–Trinajstić information content (AvgIpc) is 2.44. The summed E-state index contributed by atoms with van der Waals surface area (Å²) in [5.41, 5.74) is -1.22. The van der Waals surface area contributed by atoms with Crippen LogP contribution in [0.15, 0.2) is 0 Å². The van der Waals surface area contributed by atoms with Crippen LogP contribution in [0, 0.1) is 0 Å². The fourth-order valence-corrected chi connectivity index (χ4v) is 6.86. The van der Waals surface area contributed by atoms with E-state index in [1.165, 1.54) is 0 Å². The molecule has 1 rings (SSSR count). The average molecular weight is 414 g/mol. The van der Waals surface area contributed by atoms with Crippen molar-refractivity contribution in [3.05, 3.63) is 0 Å². The summed E-state index contributed by atoms with van der Waals surface area (Å²) in [6.07, 6.45) is -5.54. The lowest BCUT2D eigenvalue weighted by Gasteiger charge is -2.43. The first kappa shape index (κ1) is 23.4.